The van der Waals surface area contributed by atoms with E-state index in [1.54, 1.807) is 14.0 Å². The summed E-state index contributed by atoms with van der Waals surface area (Å²) in [7, 11) is 1.56. The highest BCUT2D eigenvalue weighted by Crippen LogP contribution is 2.17. The zero-order valence-electron chi connectivity index (χ0n) is 7.42. The second-order valence-electron chi connectivity index (χ2n) is 3.01. The summed E-state index contributed by atoms with van der Waals surface area (Å²) in [6.45, 7) is 3.61. The third-order valence-electron chi connectivity index (χ3n) is 2.29. The van der Waals surface area contributed by atoms with E-state index in [1.807, 2.05) is 6.92 Å². The van der Waals surface area contributed by atoms with Crippen LogP contribution in [-0.4, -0.2) is 30.6 Å². The SMILES string of the molecule is COC(C)C1(C)NC(=O)N=C1N. The van der Waals surface area contributed by atoms with Crippen LogP contribution in [0.2, 0.25) is 0 Å². The topological polar surface area (TPSA) is 76.7 Å². The summed E-state index contributed by atoms with van der Waals surface area (Å²) >= 11 is 0. The molecule has 0 aliphatic carbocycles. The summed E-state index contributed by atoms with van der Waals surface area (Å²) in [5.74, 6) is 0.279. The molecule has 0 bridgehead atoms. The molecule has 1 heterocycles. The second-order valence-corrected chi connectivity index (χ2v) is 3.01. The fourth-order valence-electron chi connectivity index (χ4n) is 1.09. The number of aliphatic imine (C=N–C) groups is 1. The predicted molar refractivity (Wildman–Crippen MR) is 45.0 cm³/mol. The van der Waals surface area contributed by atoms with E-state index in [-0.39, 0.29) is 11.9 Å². The molecule has 2 atom stereocenters. The third kappa shape index (κ3) is 1.16. The van der Waals surface area contributed by atoms with E-state index in [0.717, 1.165) is 0 Å². The summed E-state index contributed by atoms with van der Waals surface area (Å²) in [5, 5.41) is 2.64. The molecule has 2 unspecified atom stereocenters. The zero-order chi connectivity index (χ0) is 9.35. The number of nitrogens with two attached hydrogens (primary N) is 1. The molecular weight excluding hydrogens is 158 g/mol. The van der Waals surface area contributed by atoms with Gasteiger partial charge in [0.15, 0.2) is 0 Å². The maximum Gasteiger partial charge on any atom is 0.343 e. The Morgan fingerprint density at radius 3 is 2.67 bits per heavy atom. The molecule has 12 heavy (non-hydrogen) atoms. The Hall–Kier alpha value is -1.10. The molecule has 2 amide bonds. The van der Waals surface area contributed by atoms with Crippen molar-refractivity contribution >= 4 is 11.9 Å². The predicted octanol–water partition coefficient (Wildman–Crippen LogP) is -0.140. The first-order chi connectivity index (χ1) is 5.50. The third-order valence-corrected chi connectivity index (χ3v) is 2.29. The fourth-order valence-corrected chi connectivity index (χ4v) is 1.09. The molecule has 0 saturated heterocycles. The summed E-state index contributed by atoms with van der Waals surface area (Å²) in [4.78, 5) is 14.4. The second kappa shape index (κ2) is 2.75. The van der Waals surface area contributed by atoms with Crippen LogP contribution in [0, 0.1) is 0 Å². The minimum Gasteiger partial charge on any atom is -0.385 e. The molecule has 0 spiro atoms. The van der Waals surface area contributed by atoms with Crippen molar-refractivity contribution < 1.29 is 9.53 Å². The zero-order valence-corrected chi connectivity index (χ0v) is 7.42. The lowest BCUT2D eigenvalue weighted by atomic mass is 9.95. The molecule has 1 rings (SSSR count). The average Bonchev–Trinajstić information content (AvgIpc) is 2.26. The van der Waals surface area contributed by atoms with Crippen molar-refractivity contribution in [2.24, 2.45) is 10.7 Å². The van der Waals surface area contributed by atoms with Gasteiger partial charge in [-0.3, -0.25) is 0 Å². The molecule has 5 nitrogen and oxygen atoms in total. The lowest BCUT2D eigenvalue weighted by molar-refractivity contribution is 0.0738. The van der Waals surface area contributed by atoms with E-state index >= 15 is 0 Å². The Morgan fingerprint density at radius 1 is 1.75 bits per heavy atom. The van der Waals surface area contributed by atoms with Crippen LogP contribution >= 0.6 is 0 Å². The Kier molecular flexibility index (Phi) is 2.06. The first kappa shape index (κ1) is 8.99. The summed E-state index contributed by atoms with van der Waals surface area (Å²) in [6.07, 6.45) is -0.187. The van der Waals surface area contributed by atoms with Gasteiger partial charge in [-0.05, 0) is 13.8 Å². The van der Waals surface area contributed by atoms with Crippen LogP contribution in [-0.2, 0) is 4.74 Å². The number of methoxy groups -OCH3 is 1. The maximum atomic E-state index is 10.9. The van der Waals surface area contributed by atoms with Gasteiger partial charge in [-0.1, -0.05) is 0 Å². The van der Waals surface area contributed by atoms with Crippen molar-refractivity contribution in [3.63, 3.8) is 0 Å². The minimum atomic E-state index is -0.661. The number of nitrogens with one attached hydrogen (secondary N) is 1. The Labute approximate surface area is 71.0 Å². The lowest BCUT2D eigenvalue weighted by Crippen LogP contribution is -2.57. The molecule has 3 N–H and O–H groups in total. The molecule has 0 saturated carbocycles. The molecule has 0 aromatic carbocycles. The number of carbonyl (C=O) groups is 1. The molecule has 0 aromatic rings. The number of rotatable bonds is 2. The quantitative estimate of drug-likeness (QED) is 0.607. The van der Waals surface area contributed by atoms with Crippen molar-refractivity contribution in [1.29, 1.82) is 0 Å². The van der Waals surface area contributed by atoms with Gasteiger partial charge >= 0.3 is 6.03 Å². The highest BCUT2D eigenvalue weighted by atomic mass is 16.5. The number of urea groups is 1. The molecule has 0 aromatic heterocycles. The largest absolute Gasteiger partial charge is 0.385 e. The van der Waals surface area contributed by atoms with Gasteiger partial charge in [0.1, 0.15) is 11.4 Å². The molecule has 0 radical (unpaired) electrons. The van der Waals surface area contributed by atoms with Gasteiger partial charge in [-0.15, -0.1) is 0 Å². The molecule has 68 valence electrons. The molecule has 1 aliphatic rings. The number of hydrogen-bond acceptors (Lipinski definition) is 3. The molecule has 5 heteroatoms. The van der Waals surface area contributed by atoms with Crippen molar-refractivity contribution in [3.8, 4) is 0 Å². The van der Waals surface area contributed by atoms with E-state index in [2.05, 4.69) is 10.3 Å². The number of nitrogens with zero attached hydrogens (tertiary/aromatic N) is 1. The Morgan fingerprint density at radius 2 is 2.33 bits per heavy atom. The lowest BCUT2D eigenvalue weighted by Gasteiger charge is -2.29. The van der Waals surface area contributed by atoms with Gasteiger partial charge in [0.05, 0.1) is 6.10 Å². The maximum absolute atomic E-state index is 10.9. The van der Waals surface area contributed by atoms with Crippen LogP contribution in [0.4, 0.5) is 4.79 Å². The van der Waals surface area contributed by atoms with E-state index in [9.17, 15) is 4.79 Å². The van der Waals surface area contributed by atoms with E-state index in [1.165, 1.54) is 0 Å². The van der Waals surface area contributed by atoms with Gasteiger partial charge < -0.3 is 15.8 Å². The highest BCUT2D eigenvalue weighted by Gasteiger charge is 2.41. The Bertz CT molecular complexity index is 239. The van der Waals surface area contributed by atoms with Crippen molar-refractivity contribution in [1.82, 2.24) is 5.32 Å². The standard InChI is InChI=1S/C7H13N3O2/c1-4(12-3)7(2)5(8)9-6(11)10-7/h4H,1-3H3,(H3,8,9,10,11). The smallest absolute Gasteiger partial charge is 0.343 e. The first-order valence-corrected chi connectivity index (χ1v) is 3.70. The average molecular weight is 171 g/mol. The van der Waals surface area contributed by atoms with Crippen molar-refractivity contribution in [2.45, 2.75) is 25.5 Å². The highest BCUT2D eigenvalue weighted by molar-refractivity contribution is 6.05. The van der Waals surface area contributed by atoms with Crippen LogP contribution in [0.25, 0.3) is 0 Å². The van der Waals surface area contributed by atoms with Crippen LogP contribution in [0.3, 0.4) is 0 Å². The number of carbonyl (C=O) groups excluding carboxylic acids is 1. The van der Waals surface area contributed by atoms with Gasteiger partial charge in [-0.25, -0.2) is 4.79 Å². The molecule has 1 aliphatic heterocycles. The normalized spacial score (nSPS) is 31.2. The van der Waals surface area contributed by atoms with Gasteiger partial charge in [-0.2, -0.15) is 4.99 Å². The Balaban J connectivity index is 2.87. The van der Waals surface area contributed by atoms with Crippen LogP contribution in [0.5, 0.6) is 0 Å². The van der Waals surface area contributed by atoms with Crippen LogP contribution in [0.15, 0.2) is 4.99 Å². The summed E-state index contributed by atoms with van der Waals surface area (Å²) < 4.78 is 5.08. The number of ether oxygens (including phenoxy) is 1. The van der Waals surface area contributed by atoms with Gasteiger partial charge in [0, 0.05) is 7.11 Å². The molecular formula is C7H13N3O2. The van der Waals surface area contributed by atoms with E-state index in [4.69, 9.17) is 10.5 Å². The number of amides is 2. The summed E-state index contributed by atoms with van der Waals surface area (Å²) in [6, 6.07) is -0.404. The van der Waals surface area contributed by atoms with Crippen molar-refractivity contribution in [3.05, 3.63) is 0 Å². The van der Waals surface area contributed by atoms with Crippen LogP contribution < -0.4 is 11.1 Å². The molecule has 0 fully saturated rings. The van der Waals surface area contributed by atoms with E-state index < -0.39 is 11.6 Å². The number of amidine groups is 1. The first-order valence-electron chi connectivity index (χ1n) is 3.70. The fraction of sp³-hybridized carbons (Fsp3) is 0.714. The van der Waals surface area contributed by atoms with Gasteiger partial charge in [0.25, 0.3) is 0 Å². The monoisotopic (exact) mass is 171 g/mol. The van der Waals surface area contributed by atoms with Crippen LogP contribution in [0.1, 0.15) is 13.8 Å². The van der Waals surface area contributed by atoms with Crippen molar-refractivity contribution in [2.75, 3.05) is 7.11 Å². The number of hydrogen-bond donors (Lipinski definition) is 2. The minimum absolute atomic E-state index is 0.187. The van der Waals surface area contributed by atoms with Gasteiger partial charge in [0.2, 0.25) is 0 Å². The van der Waals surface area contributed by atoms with E-state index in [0.29, 0.717) is 0 Å². The summed E-state index contributed by atoms with van der Waals surface area (Å²) in [5.41, 5.74) is 4.91.